The Morgan fingerprint density at radius 1 is 1.12 bits per heavy atom. The number of ether oxygens (including phenoxy) is 2. The van der Waals surface area contributed by atoms with Gasteiger partial charge in [0, 0.05) is 30.1 Å². The van der Waals surface area contributed by atoms with Crippen molar-refractivity contribution in [1.29, 1.82) is 0 Å². The Morgan fingerprint density at radius 3 is 2.50 bits per heavy atom. The van der Waals surface area contributed by atoms with Gasteiger partial charge in [0.15, 0.2) is 5.03 Å². The molecule has 2 rings (SSSR count). The van der Waals surface area contributed by atoms with Gasteiger partial charge in [0.25, 0.3) is 5.69 Å². The van der Waals surface area contributed by atoms with Gasteiger partial charge in [-0.3, -0.25) is 20.2 Å². The van der Waals surface area contributed by atoms with Crippen LogP contribution in [0.3, 0.4) is 0 Å². The van der Waals surface area contributed by atoms with Gasteiger partial charge in [0.05, 0.1) is 9.85 Å². The fourth-order valence-corrected chi connectivity index (χ4v) is 3.46. The van der Waals surface area contributed by atoms with Crippen molar-refractivity contribution in [2.75, 3.05) is 12.4 Å². The summed E-state index contributed by atoms with van der Waals surface area (Å²) in [7, 11) is 2.34. The SMILES string of the molecule is O=C(OCCSSc1ncccc1[N+](=O)[O-])Oc1ccc([N+](=O)[O-])cc1. The van der Waals surface area contributed by atoms with E-state index in [1.165, 1.54) is 53.4 Å². The van der Waals surface area contributed by atoms with Gasteiger partial charge in [-0.2, -0.15) is 0 Å². The molecule has 0 unspecified atom stereocenters. The predicted octanol–water partition coefficient (Wildman–Crippen LogP) is 3.85. The van der Waals surface area contributed by atoms with Crippen LogP contribution in [0.1, 0.15) is 0 Å². The van der Waals surface area contributed by atoms with Crippen LogP contribution in [0.2, 0.25) is 0 Å². The molecule has 0 spiro atoms. The van der Waals surface area contributed by atoms with Crippen LogP contribution in [0.15, 0.2) is 47.6 Å². The van der Waals surface area contributed by atoms with Gasteiger partial charge in [-0.05, 0) is 29.0 Å². The smallest absolute Gasteiger partial charge is 0.433 e. The average molecular weight is 397 g/mol. The highest BCUT2D eigenvalue weighted by molar-refractivity contribution is 8.76. The molecule has 1 aromatic carbocycles. The Labute approximate surface area is 154 Å². The number of hydrogen-bond acceptors (Lipinski definition) is 10. The molecular formula is C14H11N3O7S2. The second-order valence-corrected chi connectivity index (χ2v) is 6.85. The molecule has 0 N–H and O–H groups in total. The minimum atomic E-state index is -0.951. The molecule has 136 valence electrons. The molecule has 0 aliphatic rings. The molecule has 0 saturated heterocycles. The molecule has 26 heavy (non-hydrogen) atoms. The molecule has 0 radical (unpaired) electrons. The number of carbonyl (C=O) groups excluding carboxylic acids is 1. The largest absolute Gasteiger partial charge is 0.513 e. The van der Waals surface area contributed by atoms with E-state index in [-0.39, 0.29) is 28.8 Å². The first-order valence-corrected chi connectivity index (χ1v) is 9.27. The zero-order chi connectivity index (χ0) is 18.9. The van der Waals surface area contributed by atoms with Crippen molar-refractivity contribution in [2.45, 2.75) is 5.03 Å². The molecule has 0 bridgehead atoms. The minimum Gasteiger partial charge on any atom is -0.433 e. The second-order valence-electron chi connectivity index (χ2n) is 4.44. The molecule has 1 aromatic heterocycles. The van der Waals surface area contributed by atoms with Crippen molar-refractivity contribution in [3.8, 4) is 5.75 Å². The van der Waals surface area contributed by atoms with Gasteiger partial charge < -0.3 is 9.47 Å². The van der Waals surface area contributed by atoms with Crippen molar-refractivity contribution >= 4 is 39.1 Å². The third-order valence-corrected chi connectivity index (χ3v) is 4.97. The molecule has 2 aromatic rings. The zero-order valence-corrected chi connectivity index (χ0v) is 14.6. The van der Waals surface area contributed by atoms with Gasteiger partial charge in [-0.25, -0.2) is 9.78 Å². The Balaban J connectivity index is 1.70. The second kappa shape index (κ2) is 9.58. The van der Waals surface area contributed by atoms with E-state index < -0.39 is 16.0 Å². The van der Waals surface area contributed by atoms with Crippen LogP contribution >= 0.6 is 21.6 Å². The third-order valence-electron chi connectivity index (χ3n) is 2.72. The summed E-state index contributed by atoms with van der Waals surface area (Å²) in [4.78, 5) is 35.7. The van der Waals surface area contributed by atoms with Crippen LogP contribution in [0, 0.1) is 20.2 Å². The molecule has 0 saturated carbocycles. The van der Waals surface area contributed by atoms with E-state index in [0.29, 0.717) is 5.75 Å². The van der Waals surface area contributed by atoms with Crippen LogP contribution in [-0.2, 0) is 4.74 Å². The highest BCUT2D eigenvalue weighted by Gasteiger charge is 2.15. The number of carbonyl (C=O) groups is 1. The standard InChI is InChI=1S/C14H11N3O7S2/c18-14(24-11-5-3-10(4-6-11)16(19)20)23-8-9-25-26-13-12(17(21)22)2-1-7-15-13/h1-7H,8-9H2. The van der Waals surface area contributed by atoms with Gasteiger partial charge >= 0.3 is 11.8 Å². The number of pyridine rings is 1. The Bertz CT molecular complexity index is 801. The van der Waals surface area contributed by atoms with E-state index in [2.05, 4.69) is 4.98 Å². The van der Waals surface area contributed by atoms with Crippen molar-refractivity contribution in [2.24, 2.45) is 0 Å². The number of nitro groups is 2. The summed E-state index contributed by atoms with van der Waals surface area (Å²) in [5, 5.41) is 21.6. The van der Waals surface area contributed by atoms with Crippen molar-refractivity contribution < 1.29 is 24.1 Å². The molecule has 1 heterocycles. The lowest BCUT2D eigenvalue weighted by Crippen LogP contribution is -2.12. The summed E-state index contributed by atoms with van der Waals surface area (Å²) in [6.07, 6.45) is 0.502. The molecule has 0 aliphatic carbocycles. The Morgan fingerprint density at radius 2 is 1.85 bits per heavy atom. The van der Waals surface area contributed by atoms with Gasteiger partial charge in [-0.1, -0.05) is 10.8 Å². The Kier molecular flexibility index (Phi) is 7.17. The Hall–Kier alpha value is -2.86. The fraction of sp³-hybridized carbons (Fsp3) is 0.143. The summed E-state index contributed by atoms with van der Waals surface area (Å²) >= 11 is 0. The first kappa shape index (κ1) is 19.5. The van der Waals surface area contributed by atoms with Crippen molar-refractivity contribution in [1.82, 2.24) is 4.98 Å². The van der Waals surface area contributed by atoms with Gasteiger partial charge in [0.1, 0.15) is 12.4 Å². The number of aromatic nitrogens is 1. The van der Waals surface area contributed by atoms with Gasteiger partial charge in [0.2, 0.25) is 0 Å². The van der Waals surface area contributed by atoms with Crippen LogP contribution in [0.5, 0.6) is 5.75 Å². The van der Waals surface area contributed by atoms with Crippen molar-refractivity contribution in [3.63, 3.8) is 0 Å². The fourth-order valence-electron chi connectivity index (χ4n) is 1.60. The molecule has 0 atom stereocenters. The number of rotatable bonds is 8. The van der Waals surface area contributed by atoms with E-state index in [9.17, 15) is 25.0 Å². The molecule has 0 aliphatic heterocycles. The van der Waals surface area contributed by atoms with Crippen LogP contribution < -0.4 is 4.74 Å². The lowest BCUT2D eigenvalue weighted by Gasteiger charge is -2.05. The van der Waals surface area contributed by atoms with Crippen LogP contribution in [-0.4, -0.2) is 33.3 Å². The number of benzene rings is 1. The summed E-state index contributed by atoms with van der Waals surface area (Å²) in [5.41, 5.74) is -0.216. The summed E-state index contributed by atoms with van der Waals surface area (Å²) in [6, 6.07) is 7.80. The lowest BCUT2D eigenvalue weighted by molar-refractivity contribution is -0.388. The maximum absolute atomic E-state index is 11.5. The number of non-ortho nitro benzene ring substituents is 1. The maximum Gasteiger partial charge on any atom is 0.513 e. The normalized spacial score (nSPS) is 10.2. The first-order chi connectivity index (χ1) is 12.5. The summed E-state index contributed by atoms with van der Waals surface area (Å²) in [6.45, 7) is 0.0180. The molecular weight excluding hydrogens is 386 g/mol. The molecule has 0 amide bonds. The van der Waals surface area contributed by atoms with E-state index in [0.717, 1.165) is 10.8 Å². The minimum absolute atomic E-state index is 0.0180. The number of nitrogens with zero attached hydrogens (tertiary/aromatic N) is 3. The number of nitro benzene ring substituents is 1. The summed E-state index contributed by atoms with van der Waals surface area (Å²) < 4.78 is 9.72. The predicted molar refractivity (Wildman–Crippen MR) is 94.3 cm³/mol. The maximum atomic E-state index is 11.5. The molecule has 0 fully saturated rings. The monoisotopic (exact) mass is 397 g/mol. The van der Waals surface area contributed by atoms with E-state index in [1.807, 2.05) is 0 Å². The molecule has 12 heteroatoms. The average Bonchev–Trinajstić information content (AvgIpc) is 2.62. The van der Waals surface area contributed by atoms with Crippen LogP contribution in [0.25, 0.3) is 0 Å². The van der Waals surface area contributed by atoms with Gasteiger partial charge in [-0.15, -0.1) is 0 Å². The van der Waals surface area contributed by atoms with Crippen LogP contribution in [0.4, 0.5) is 16.2 Å². The molecule has 10 nitrogen and oxygen atoms in total. The summed E-state index contributed by atoms with van der Waals surface area (Å²) in [5.74, 6) is 0.472. The van der Waals surface area contributed by atoms with Crippen molar-refractivity contribution in [3.05, 3.63) is 62.8 Å². The zero-order valence-electron chi connectivity index (χ0n) is 13.0. The quantitative estimate of drug-likeness (QED) is 0.161. The lowest BCUT2D eigenvalue weighted by atomic mass is 10.3. The van der Waals surface area contributed by atoms with E-state index in [1.54, 1.807) is 0 Å². The first-order valence-electron chi connectivity index (χ1n) is 6.95. The number of hydrogen-bond donors (Lipinski definition) is 0. The van der Waals surface area contributed by atoms with E-state index >= 15 is 0 Å². The van der Waals surface area contributed by atoms with E-state index in [4.69, 9.17) is 9.47 Å². The third kappa shape index (κ3) is 5.89. The highest BCUT2D eigenvalue weighted by Crippen LogP contribution is 2.35. The topological polar surface area (TPSA) is 135 Å². The highest BCUT2D eigenvalue weighted by atomic mass is 33.1.